The highest BCUT2D eigenvalue weighted by Crippen LogP contribution is 2.41. The molecule has 2 aromatic carbocycles. The fourth-order valence-corrected chi connectivity index (χ4v) is 3.89. The molecule has 1 aliphatic rings. The molecule has 0 saturated carbocycles. The third kappa shape index (κ3) is 4.22. The third-order valence-electron chi connectivity index (χ3n) is 5.14. The van der Waals surface area contributed by atoms with Gasteiger partial charge in [-0.25, -0.2) is 4.79 Å². The lowest BCUT2D eigenvalue weighted by molar-refractivity contribution is -0.795. The van der Waals surface area contributed by atoms with E-state index in [1.807, 2.05) is 31.2 Å². The van der Waals surface area contributed by atoms with E-state index in [0.717, 1.165) is 21.9 Å². The summed E-state index contributed by atoms with van der Waals surface area (Å²) in [5.74, 6) is 0.124. The van der Waals surface area contributed by atoms with Crippen LogP contribution in [0.25, 0.3) is 10.8 Å². The van der Waals surface area contributed by atoms with Crippen LogP contribution in [0.1, 0.15) is 17.5 Å². The van der Waals surface area contributed by atoms with Crippen LogP contribution in [0.15, 0.2) is 24.3 Å². The molecule has 1 aliphatic heterocycles. The Morgan fingerprint density at radius 1 is 1.00 bits per heavy atom. The Balaban J connectivity index is 1.94. The molecule has 1 heterocycles. The van der Waals surface area contributed by atoms with Gasteiger partial charge in [-0.1, -0.05) is 24.3 Å². The predicted molar refractivity (Wildman–Crippen MR) is 104 cm³/mol. The van der Waals surface area contributed by atoms with Crippen molar-refractivity contribution in [2.24, 2.45) is 0 Å². The zero-order valence-electron chi connectivity index (χ0n) is 16.9. The maximum Gasteiger partial charge on any atom is 0.338 e. The summed E-state index contributed by atoms with van der Waals surface area (Å²) in [6, 6.07) is 7.49. The van der Waals surface area contributed by atoms with Crippen molar-refractivity contribution < 1.29 is 38.9 Å². The Hall–Kier alpha value is -3.83. The third-order valence-corrected chi connectivity index (χ3v) is 5.14. The van der Waals surface area contributed by atoms with Crippen molar-refractivity contribution in [3.05, 3.63) is 55.6 Å². The van der Waals surface area contributed by atoms with E-state index in [9.17, 15) is 25.0 Å². The normalized spacial score (nSPS) is 20.2. The summed E-state index contributed by atoms with van der Waals surface area (Å²) in [6.07, 6.45) is -4.23. The number of esters is 1. The minimum absolute atomic E-state index is 0.0700. The van der Waals surface area contributed by atoms with E-state index >= 15 is 0 Å². The molecule has 12 heteroatoms. The molecule has 0 aromatic heterocycles. The molecule has 0 amide bonds. The van der Waals surface area contributed by atoms with Gasteiger partial charge in [0.1, 0.15) is 17.6 Å². The van der Waals surface area contributed by atoms with E-state index in [4.69, 9.17) is 14.2 Å². The van der Waals surface area contributed by atoms with Gasteiger partial charge in [0.15, 0.2) is 6.10 Å². The summed E-state index contributed by atoms with van der Waals surface area (Å²) in [5, 5.41) is 20.8. The number of carbonyl (C=O) groups excluding carboxylic acids is 1. The van der Waals surface area contributed by atoms with E-state index in [0.29, 0.717) is 11.5 Å². The van der Waals surface area contributed by atoms with Crippen LogP contribution >= 0.6 is 0 Å². The Labute approximate surface area is 175 Å². The second-order valence-corrected chi connectivity index (χ2v) is 6.77. The lowest BCUT2D eigenvalue weighted by atomic mass is 9.93. The van der Waals surface area contributed by atoms with Crippen LogP contribution < -0.4 is 9.47 Å². The van der Waals surface area contributed by atoms with Gasteiger partial charge < -0.3 is 19.0 Å². The molecule has 2 aromatic rings. The van der Waals surface area contributed by atoms with Crippen LogP contribution in [0, 0.1) is 27.2 Å². The molecule has 3 unspecified atom stereocenters. The van der Waals surface area contributed by atoms with Crippen molar-refractivity contribution in [1.82, 2.24) is 0 Å². The first-order valence-electron chi connectivity index (χ1n) is 9.23. The molecule has 1 fully saturated rings. The SMILES string of the molecule is COc1c(C)c(CCC2OC(=O)C(O[N+](=O)[O-])C2O[N+](=O)[O-])c(OC)c2ccccc12. The number of nitrogens with zero attached hydrogens (tertiary/aromatic N) is 2. The molecule has 166 valence electrons. The highest BCUT2D eigenvalue weighted by Gasteiger charge is 2.50. The minimum atomic E-state index is -1.85. The van der Waals surface area contributed by atoms with E-state index in [1.165, 1.54) is 7.11 Å². The summed E-state index contributed by atoms with van der Waals surface area (Å²) < 4.78 is 16.3. The lowest BCUT2D eigenvalue weighted by Crippen LogP contribution is -2.39. The smallest absolute Gasteiger partial charge is 0.338 e. The summed E-state index contributed by atoms with van der Waals surface area (Å²) in [4.78, 5) is 42.2. The number of methoxy groups -OCH3 is 2. The first-order valence-corrected chi connectivity index (χ1v) is 9.23. The van der Waals surface area contributed by atoms with Crippen molar-refractivity contribution in [2.75, 3.05) is 14.2 Å². The van der Waals surface area contributed by atoms with Crippen molar-refractivity contribution in [3.8, 4) is 11.5 Å². The van der Waals surface area contributed by atoms with Gasteiger partial charge in [-0.3, -0.25) is 4.84 Å². The van der Waals surface area contributed by atoms with E-state index < -0.39 is 34.5 Å². The van der Waals surface area contributed by atoms with Crippen LogP contribution in [0.2, 0.25) is 0 Å². The largest absolute Gasteiger partial charge is 0.496 e. The summed E-state index contributed by atoms with van der Waals surface area (Å²) in [7, 11) is 3.07. The van der Waals surface area contributed by atoms with Crippen LogP contribution in [0.3, 0.4) is 0 Å². The number of rotatable bonds is 9. The van der Waals surface area contributed by atoms with Crippen molar-refractivity contribution >= 4 is 16.7 Å². The van der Waals surface area contributed by atoms with Crippen molar-refractivity contribution in [1.29, 1.82) is 0 Å². The minimum Gasteiger partial charge on any atom is -0.496 e. The number of ether oxygens (including phenoxy) is 3. The standard InChI is InChI=1S/C19H20N2O10/c1-10-11(16(28-3)13-7-5-4-6-12(13)15(10)27-2)8-9-14-17(30-20(23)24)18(19(22)29-14)31-21(25)26/h4-7,14,17-18H,8-9H2,1-3H3. The lowest BCUT2D eigenvalue weighted by Gasteiger charge is -2.21. The Kier molecular flexibility index (Phi) is 6.28. The fourth-order valence-electron chi connectivity index (χ4n) is 3.89. The van der Waals surface area contributed by atoms with Gasteiger partial charge in [0.05, 0.1) is 14.2 Å². The van der Waals surface area contributed by atoms with Crippen LogP contribution in [0.5, 0.6) is 11.5 Å². The Bertz CT molecular complexity index is 1020. The van der Waals surface area contributed by atoms with Crippen molar-refractivity contribution in [2.45, 2.75) is 38.1 Å². The number of hydrogen-bond acceptors (Lipinski definition) is 10. The molecule has 12 nitrogen and oxygen atoms in total. The van der Waals surface area contributed by atoms with E-state index in [2.05, 4.69) is 9.68 Å². The zero-order valence-corrected chi connectivity index (χ0v) is 16.9. The number of fused-ring (bicyclic) bond motifs is 1. The average molecular weight is 436 g/mol. The monoisotopic (exact) mass is 436 g/mol. The molecule has 1 saturated heterocycles. The molecular weight excluding hydrogens is 416 g/mol. The number of hydrogen-bond donors (Lipinski definition) is 0. The van der Waals surface area contributed by atoms with E-state index in [-0.39, 0.29) is 12.8 Å². The molecule has 0 bridgehead atoms. The predicted octanol–water partition coefficient (Wildman–Crippen LogP) is 2.18. The van der Waals surface area contributed by atoms with Crippen LogP contribution in [0.4, 0.5) is 0 Å². The number of carbonyl (C=O) groups is 1. The second kappa shape index (κ2) is 8.90. The van der Waals surface area contributed by atoms with Gasteiger partial charge in [0, 0.05) is 16.3 Å². The number of benzene rings is 2. The first kappa shape index (κ1) is 21.9. The first-order chi connectivity index (χ1) is 14.8. The highest BCUT2D eigenvalue weighted by atomic mass is 17.0. The molecule has 31 heavy (non-hydrogen) atoms. The molecule has 3 atom stereocenters. The quantitative estimate of drug-likeness (QED) is 0.325. The van der Waals surface area contributed by atoms with Gasteiger partial charge in [-0.15, -0.1) is 20.2 Å². The Morgan fingerprint density at radius 3 is 2.13 bits per heavy atom. The van der Waals surface area contributed by atoms with Gasteiger partial charge in [-0.05, 0) is 25.3 Å². The molecular formula is C19H20N2O10. The van der Waals surface area contributed by atoms with Gasteiger partial charge in [0.25, 0.3) is 10.2 Å². The summed E-state index contributed by atoms with van der Waals surface area (Å²) in [5.41, 5.74) is 1.53. The molecule has 0 spiro atoms. The van der Waals surface area contributed by atoms with Crippen molar-refractivity contribution in [3.63, 3.8) is 0 Å². The Morgan fingerprint density at radius 2 is 1.58 bits per heavy atom. The topological polar surface area (TPSA) is 150 Å². The summed E-state index contributed by atoms with van der Waals surface area (Å²) >= 11 is 0. The molecule has 0 radical (unpaired) electrons. The van der Waals surface area contributed by atoms with Gasteiger partial charge in [-0.2, -0.15) is 0 Å². The maximum atomic E-state index is 12.0. The maximum absolute atomic E-state index is 12.0. The van der Waals surface area contributed by atoms with Gasteiger partial charge >= 0.3 is 5.97 Å². The second-order valence-electron chi connectivity index (χ2n) is 6.77. The van der Waals surface area contributed by atoms with E-state index in [1.54, 1.807) is 7.11 Å². The average Bonchev–Trinajstić information content (AvgIpc) is 2.99. The zero-order chi connectivity index (χ0) is 22.7. The number of cyclic esters (lactones) is 1. The molecule has 3 rings (SSSR count). The van der Waals surface area contributed by atoms with Crippen LogP contribution in [-0.2, 0) is 25.6 Å². The highest BCUT2D eigenvalue weighted by molar-refractivity contribution is 5.96. The molecule has 0 N–H and O–H groups in total. The van der Waals surface area contributed by atoms with Crippen LogP contribution in [-0.4, -0.2) is 48.7 Å². The van der Waals surface area contributed by atoms with Gasteiger partial charge in [0.2, 0.25) is 6.10 Å². The fraction of sp³-hybridized carbons (Fsp3) is 0.421. The summed E-state index contributed by atoms with van der Waals surface area (Å²) in [6.45, 7) is 1.84. The molecule has 0 aliphatic carbocycles.